The van der Waals surface area contributed by atoms with Crippen LogP contribution in [0.4, 0.5) is 0 Å². The largest absolute Gasteiger partial charge is 0.377 e. The Kier molecular flexibility index (Phi) is 5.88. The van der Waals surface area contributed by atoms with Crippen molar-refractivity contribution in [3.63, 3.8) is 0 Å². The van der Waals surface area contributed by atoms with E-state index in [1.165, 1.54) is 27.6 Å². The summed E-state index contributed by atoms with van der Waals surface area (Å²) in [6.07, 6.45) is 2.10. The maximum Gasteiger partial charge on any atom is 0.228 e. The molecular weight excluding hydrogens is 434 g/mol. The van der Waals surface area contributed by atoms with Crippen LogP contribution in [0.25, 0.3) is 22.0 Å². The lowest BCUT2D eigenvalue weighted by Gasteiger charge is -2.38. The fraction of sp³-hybridized carbons (Fsp3) is 0.300. The fourth-order valence-electron chi connectivity index (χ4n) is 5.83. The first-order chi connectivity index (χ1) is 17.2. The van der Waals surface area contributed by atoms with Crippen molar-refractivity contribution in [2.75, 3.05) is 32.8 Å². The van der Waals surface area contributed by atoms with Crippen LogP contribution in [0.3, 0.4) is 0 Å². The molecule has 1 N–H and O–H groups in total. The Labute approximate surface area is 206 Å². The van der Waals surface area contributed by atoms with Gasteiger partial charge in [-0.05, 0) is 40.5 Å². The van der Waals surface area contributed by atoms with Gasteiger partial charge < -0.3 is 19.5 Å². The van der Waals surface area contributed by atoms with Crippen LogP contribution in [-0.4, -0.2) is 48.2 Å². The molecule has 0 radical (unpaired) electrons. The van der Waals surface area contributed by atoms with Gasteiger partial charge in [0.15, 0.2) is 0 Å². The Balaban J connectivity index is 1.33. The van der Waals surface area contributed by atoms with Crippen molar-refractivity contribution in [3.8, 4) is 11.1 Å². The number of carbonyl (C=O) groups is 1. The molecule has 0 unspecified atom stereocenters. The summed E-state index contributed by atoms with van der Waals surface area (Å²) in [6.45, 7) is 3.28. The Morgan fingerprint density at radius 1 is 0.971 bits per heavy atom. The summed E-state index contributed by atoms with van der Waals surface area (Å²) >= 11 is 0. The minimum atomic E-state index is -0.0964. The Morgan fingerprint density at radius 3 is 2.69 bits per heavy atom. The van der Waals surface area contributed by atoms with Gasteiger partial charge in [0.05, 0.1) is 25.2 Å². The molecule has 6 rings (SSSR count). The highest BCUT2D eigenvalue weighted by molar-refractivity contribution is 5.87. The monoisotopic (exact) mass is 465 g/mol. The molecule has 4 aromatic rings. The van der Waals surface area contributed by atoms with Gasteiger partial charge in [0.2, 0.25) is 5.91 Å². The number of amides is 1. The van der Waals surface area contributed by atoms with Crippen LogP contribution < -0.4 is 5.32 Å². The summed E-state index contributed by atoms with van der Waals surface area (Å²) in [7, 11) is 2.07. The summed E-state index contributed by atoms with van der Waals surface area (Å²) in [6, 6.07) is 27.7. The molecule has 3 aromatic carbocycles. The molecule has 0 spiro atoms. The highest BCUT2D eigenvalue weighted by atomic mass is 16.5. The number of nitrogens with zero attached hydrogens (tertiary/aromatic N) is 2. The molecule has 0 aliphatic carbocycles. The van der Waals surface area contributed by atoms with Crippen molar-refractivity contribution in [2.45, 2.75) is 12.0 Å². The summed E-state index contributed by atoms with van der Waals surface area (Å²) in [4.78, 5) is 16.1. The van der Waals surface area contributed by atoms with Crippen molar-refractivity contribution in [3.05, 3.63) is 96.2 Å². The van der Waals surface area contributed by atoms with Crippen LogP contribution in [0.1, 0.15) is 23.1 Å². The van der Waals surface area contributed by atoms with Crippen molar-refractivity contribution >= 4 is 16.8 Å². The molecule has 2 aliphatic heterocycles. The van der Waals surface area contributed by atoms with Gasteiger partial charge in [0.1, 0.15) is 0 Å². The first-order valence-corrected chi connectivity index (χ1v) is 12.5. The second-order valence-corrected chi connectivity index (χ2v) is 9.69. The second-order valence-electron chi connectivity index (χ2n) is 9.69. The smallest absolute Gasteiger partial charge is 0.228 e. The molecule has 35 heavy (non-hydrogen) atoms. The number of morpholine rings is 1. The maximum atomic E-state index is 14.0. The molecule has 3 heterocycles. The van der Waals surface area contributed by atoms with E-state index in [1.807, 2.05) is 18.2 Å². The minimum Gasteiger partial charge on any atom is -0.377 e. The van der Waals surface area contributed by atoms with Crippen molar-refractivity contribution in [2.24, 2.45) is 13.0 Å². The van der Waals surface area contributed by atoms with Crippen LogP contribution in [0.5, 0.6) is 0 Å². The number of carbonyl (C=O) groups excluding carboxylic acids is 1. The summed E-state index contributed by atoms with van der Waals surface area (Å²) in [5.74, 6) is 0.260. The maximum absolute atomic E-state index is 14.0. The SMILES string of the molecule is Cn1ccc2cc(-c3ccccc3[C@@H]3CNC[C@H]3C(=O)N3CCOC[C@@H]3c3ccccc3)ccc21. The zero-order chi connectivity index (χ0) is 23.8. The lowest BCUT2D eigenvalue weighted by Crippen LogP contribution is -2.47. The quantitative estimate of drug-likeness (QED) is 0.473. The normalized spacial score (nSPS) is 22.5. The Bertz CT molecular complexity index is 1350. The molecule has 5 heteroatoms. The van der Waals surface area contributed by atoms with E-state index in [4.69, 9.17) is 4.74 Å². The van der Waals surface area contributed by atoms with Crippen molar-refractivity contribution in [1.29, 1.82) is 0 Å². The molecule has 2 saturated heterocycles. The first kappa shape index (κ1) is 22.1. The lowest BCUT2D eigenvalue weighted by molar-refractivity contribution is -0.144. The van der Waals surface area contributed by atoms with Crippen LogP contribution in [0, 0.1) is 5.92 Å². The fourth-order valence-corrected chi connectivity index (χ4v) is 5.83. The van der Waals surface area contributed by atoms with Crippen LogP contribution in [0.2, 0.25) is 0 Å². The second kappa shape index (κ2) is 9.33. The van der Waals surface area contributed by atoms with E-state index in [2.05, 4.69) is 88.7 Å². The highest BCUT2D eigenvalue weighted by Gasteiger charge is 2.40. The average Bonchev–Trinajstić information content (AvgIpc) is 3.55. The van der Waals surface area contributed by atoms with Gasteiger partial charge in [-0.1, -0.05) is 60.7 Å². The van der Waals surface area contributed by atoms with E-state index in [1.54, 1.807) is 0 Å². The van der Waals surface area contributed by atoms with E-state index in [0.29, 0.717) is 26.3 Å². The van der Waals surface area contributed by atoms with Gasteiger partial charge in [-0.25, -0.2) is 0 Å². The molecule has 3 atom stereocenters. The third-order valence-electron chi connectivity index (χ3n) is 7.68. The molecular formula is C30H31N3O2. The Morgan fingerprint density at radius 2 is 1.80 bits per heavy atom. The van der Waals surface area contributed by atoms with Gasteiger partial charge in [-0.15, -0.1) is 0 Å². The Hall–Kier alpha value is -3.41. The molecule has 0 bridgehead atoms. The topological polar surface area (TPSA) is 46.5 Å². The summed E-state index contributed by atoms with van der Waals surface area (Å²) in [5.41, 5.74) is 6.02. The van der Waals surface area contributed by atoms with Crippen LogP contribution in [-0.2, 0) is 16.6 Å². The molecule has 178 valence electrons. The zero-order valence-corrected chi connectivity index (χ0v) is 20.1. The lowest BCUT2D eigenvalue weighted by atomic mass is 9.83. The third-order valence-corrected chi connectivity index (χ3v) is 7.68. The molecule has 5 nitrogen and oxygen atoms in total. The van der Waals surface area contributed by atoms with Gasteiger partial charge in [0, 0.05) is 49.7 Å². The molecule has 1 aromatic heterocycles. The number of hydrogen-bond donors (Lipinski definition) is 1. The highest BCUT2D eigenvalue weighted by Crippen LogP contribution is 2.38. The number of aryl methyl sites for hydroxylation is 1. The number of nitrogens with one attached hydrogen (secondary N) is 1. The van der Waals surface area contributed by atoms with Crippen LogP contribution in [0.15, 0.2) is 85.1 Å². The van der Waals surface area contributed by atoms with Crippen molar-refractivity contribution < 1.29 is 9.53 Å². The standard InChI is InChI=1S/C30H31N3O2/c1-32-14-13-23-17-22(11-12-28(23)32)24-9-5-6-10-25(24)26-18-31-19-27(26)30(34)33-15-16-35-20-29(33)21-7-3-2-4-8-21/h2-14,17,26-27,29,31H,15-16,18-20H2,1H3/t26-,27+,29+/m0/s1. The summed E-state index contributed by atoms with van der Waals surface area (Å²) < 4.78 is 7.94. The minimum absolute atomic E-state index is 0.0329. The predicted octanol–water partition coefficient (Wildman–Crippen LogP) is 4.75. The third kappa shape index (κ3) is 4.05. The van der Waals surface area contributed by atoms with Gasteiger partial charge in [-0.3, -0.25) is 4.79 Å². The number of aromatic nitrogens is 1. The zero-order valence-electron chi connectivity index (χ0n) is 20.1. The predicted molar refractivity (Wildman–Crippen MR) is 139 cm³/mol. The molecule has 1 amide bonds. The van der Waals surface area contributed by atoms with E-state index < -0.39 is 0 Å². The number of ether oxygens (including phenoxy) is 1. The van der Waals surface area contributed by atoms with E-state index in [0.717, 1.165) is 12.1 Å². The van der Waals surface area contributed by atoms with E-state index >= 15 is 0 Å². The number of fused-ring (bicyclic) bond motifs is 1. The summed E-state index contributed by atoms with van der Waals surface area (Å²) in [5, 5.41) is 4.76. The molecule has 2 fully saturated rings. The number of benzene rings is 3. The number of hydrogen-bond acceptors (Lipinski definition) is 3. The van der Waals surface area contributed by atoms with E-state index in [-0.39, 0.29) is 23.8 Å². The first-order valence-electron chi connectivity index (χ1n) is 12.5. The van der Waals surface area contributed by atoms with Gasteiger partial charge in [0.25, 0.3) is 0 Å². The van der Waals surface area contributed by atoms with Crippen LogP contribution >= 0.6 is 0 Å². The number of rotatable bonds is 4. The van der Waals surface area contributed by atoms with Crippen molar-refractivity contribution in [1.82, 2.24) is 14.8 Å². The average molecular weight is 466 g/mol. The van der Waals surface area contributed by atoms with E-state index in [9.17, 15) is 4.79 Å². The molecule has 2 aliphatic rings. The van der Waals surface area contributed by atoms with Gasteiger partial charge in [-0.2, -0.15) is 0 Å². The molecule has 0 saturated carbocycles. The van der Waals surface area contributed by atoms with Gasteiger partial charge >= 0.3 is 0 Å².